The maximum absolute atomic E-state index is 12.2. The number of carbonyl (C=O) groups excluding carboxylic acids is 1. The van der Waals surface area contributed by atoms with Crippen LogP contribution in [0.1, 0.15) is 31.7 Å². The summed E-state index contributed by atoms with van der Waals surface area (Å²) in [4.78, 5) is 23.0. The first-order chi connectivity index (χ1) is 10.1. The normalized spacial score (nSPS) is 27.8. The number of aliphatic carboxylic acids is 1. The predicted octanol–water partition coefficient (Wildman–Crippen LogP) is 2.93. The van der Waals surface area contributed by atoms with Crippen LogP contribution in [0.5, 0.6) is 0 Å². The first kappa shape index (κ1) is 14.1. The fourth-order valence-corrected chi connectivity index (χ4v) is 3.60. The largest absolute Gasteiger partial charge is 0.481 e. The van der Waals surface area contributed by atoms with Crippen molar-refractivity contribution < 1.29 is 14.7 Å². The van der Waals surface area contributed by atoms with E-state index in [-0.39, 0.29) is 11.8 Å². The SMILES string of the molecule is CC(Cc1ccc(NC(=O)C2C3CCCC32)cc1)C(=O)O. The summed E-state index contributed by atoms with van der Waals surface area (Å²) in [6.07, 6.45) is 4.19. The minimum atomic E-state index is -0.785. The molecule has 112 valence electrons. The summed E-state index contributed by atoms with van der Waals surface area (Å²) >= 11 is 0. The second-order valence-electron chi connectivity index (χ2n) is 6.41. The molecule has 4 heteroatoms. The number of hydrogen-bond donors (Lipinski definition) is 2. The van der Waals surface area contributed by atoms with E-state index in [1.807, 2.05) is 24.3 Å². The summed E-state index contributed by atoms with van der Waals surface area (Å²) in [5.74, 6) is 0.451. The van der Waals surface area contributed by atoms with E-state index in [9.17, 15) is 9.59 Å². The van der Waals surface area contributed by atoms with Crippen LogP contribution in [0.2, 0.25) is 0 Å². The Bertz CT molecular complexity index is 542. The van der Waals surface area contributed by atoms with Crippen LogP contribution in [-0.4, -0.2) is 17.0 Å². The Morgan fingerprint density at radius 3 is 2.43 bits per heavy atom. The number of carboxylic acid groups (broad SMARTS) is 1. The van der Waals surface area contributed by atoms with Crippen LogP contribution in [0.15, 0.2) is 24.3 Å². The Morgan fingerprint density at radius 1 is 1.24 bits per heavy atom. The van der Waals surface area contributed by atoms with Gasteiger partial charge in [-0.15, -0.1) is 0 Å². The second kappa shape index (κ2) is 5.51. The molecule has 0 radical (unpaired) electrons. The molecule has 2 aliphatic carbocycles. The highest BCUT2D eigenvalue weighted by atomic mass is 16.4. The highest BCUT2D eigenvalue weighted by Crippen LogP contribution is 2.57. The minimum Gasteiger partial charge on any atom is -0.481 e. The van der Waals surface area contributed by atoms with E-state index in [1.165, 1.54) is 19.3 Å². The molecule has 21 heavy (non-hydrogen) atoms. The van der Waals surface area contributed by atoms with Crippen LogP contribution in [0.3, 0.4) is 0 Å². The lowest BCUT2D eigenvalue weighted by Gasteiger charge is -2.09. The number of carboxylic acids is 1. The van der Waals surface area contributed by atoms with Gasteiger partial charge < -0.3 is 10.4 Å². The zero-order chi connectivity index (χ0) is 15.0. The summed E-state index contributed by atoms with van der Waals surface area (Å²) in [5, 5.41) is 11.9. The molecule has 2 aliphatic rings. The Morgan fingerprint density at radius 2 is 1.86 bits per heavy atom. The third-order valence-electron chi connectivity index (χ3n) is 4.89. The molecule has 0 aromatic heterocycles. The lowest BCUT2D eigenvalue weighted by atomic mass is 10.0. The first-order valence-electron chi connectivity index (χ1n) is 7.69. The first-order valence-corrected chi connectivity index (χ1v) is 7.69. The maximum Gasteiger partial charge on any atom is 0.306 e. The minimum absolute atomic E-state index is 0.149. The van der Waals surface area contributed by atoms with E-state index in [4.69, 9.17) is 5.11 Å². The Labute approximate surface area is 124 Å². The number of benzene rings is 1. The van der Waals surface area contributed by atoms with Gasteiger partial charge in [0.05, 0.1) is 5.92 Å². The lowest BCUT2D eigenvalue weighted by molar-refractivity contribution is -0.141. The zero-order valence-corrected chi connectivity index (χ0v) is 12.2. The summed E-state index contributed by atoms with van der Waals surface area (Å²) < 4.78 is 0. The van der Waals surface area contributed by atoms with Crippen molar-refractivity contribution in [3.63, 3.8) is 0 Å². The molecule has 0 bridgehead atoms. The van der Waals surface area contributed by atoms with Crippen molar-refractivity contribution in [3.05, 3.63) is 29.8 Å². The highest BCUT2D eigenvalue weighted by Gasteiger charge is 2.56. The van der Waals surface area contributed by atoms with Gasteiger partial charge in [-0.25, -0.2) is 0 Å². The van der Waals surface area contributed by atoms with Crippen LogP contribution < -0.4 is 5.32 Å². The van der Waals surface area contributed by atoms with Crippen molar-refractivity contribution >= 4 is 17.6 Å². The fourth-order valence-electron chi connectivity index (χ4n) is 3.60. The van der Waals surface area contributed by atoms with E-state index in [2.05, 4.69) is 5.32 Å². The van der Waals surface area contributed by atoms with Crippen LogP contribution in [0.25, 0.3) is 0 Å². The fraction of sp³-hybridized carbons (Fsp3) is 0.529. The number of nitrogens with one attached hydrogen (secondary N) is 1. The number of amides is 1. The molecule has 0 heterocycles. The molecule has 1 aromatic rings. The Hall–Kier alpha value is -1.84. The predicted molar refractivity (Wildman–Crippen MR) is 79.9 cm³/mol. The number of anilines is 1. The lowest BCUT2D eigenvalue weighted by Crippen LogP contribution is -2.16. The molecule has 2 fully saturated rings. The topological polar surface area (TPSA) is 66.4 Å². The molecule has 4 nitrogen and oxygen atoms in total. The number of carbonyl (C=O) groups is 2. The maximum atomic E-state index is 12.2. The van der Waals surface area contributed by atoms with Gasteiger partial charge >= 0.3 is 5.97 Å². The molecular weight excluding hydrogens is 266 g/mol. The summed E-state index contributed by atoms with van der Waals surface area (Å²) in [5.41, 5.74) is 1.78. The molecule has 1 aromatic carbocycles. The standard InChI is InChI=1S/C17H21NO3/c1-10(17(20)21)9-11-5-7-12(8-6-11)18-16(19)15-13-3-2-4-14(13)15/h5-8,10,13-15H,2-4,9H2,1H3,(H,18,19)(H,20,21). The van der Waals surface area contributed by atoms with Gasteiger partial charge in [0.15, 0.2) is 0 Å². The van der Waals surface area contributed by atoms with Crippen molar-refractivity contribution in [2.24, 2.45) is 23.7 Å². The van der Waals surface area contributed by atoms with E-state index in [0.29, 0.717) is 18.3 Å². The molecule has 0 aliphatic heterocycles. The molecule has 2 N–H and O–H groups in total. The van der Waals surface area contributed by atoms with Gasteiger partial charge in [0.25, 0.3) is 0 Å². The van der Waals surface area contributed by atoms with E-state index in [1.54, 1.807) is 6.92 Å². The van der Waals surface area contributed by atoms with Crippen molar-refractivity contribution in [2.45, 2.75) is 32.6 Å². The zero-order valence-electron chi connectivity index (χ0n) is 12.2. The van der Waals surface area contributed by atoms with Crippen LogP contribution >= 0.6 is 0 Å². The van der Waals surface area contributed by atoms with Crippen molar-refractivity contribution in [3.8, 4) is 0 Å². The van der Waals surface area contributed by atoms with Crippen molar-refractivity contribution in [1.82, 2.24) is 0 Å². The van der Waals surface area contributed by atoms with Gasteiger partial charge in [0.2, 0.25) is 5.91 Å². The molecule has 3 rings (SSSR count). The number of fused-ring (bicyclic) bond motifs is 1. The highest BCUT2D eigenvalue weighted by molar-refractivity contribution is 5.95. The third kappa shape index (κ3) is 2.94. The van der Waals surface area contributed by atoms with Crippen molar-refractivity contribution in [2.75, 3.05) is 5.32 Å². The Balaban J connectivity index is 1.55. The summed E-state index contributed by atoms with van der Waals surface area (Å²) in [6.45, 7) is 1.70. The Kier molecular flexibility index (Phi) is 3.70. The molecule has 3 atom stereocenters. The summed E-state index contributed by atoms with van der Waals surface area (Å²) in [7, 11) is 0. The van der Waals surface area contributed by atoms with Crippen LogP contribution in [-0.2, 0) is 16.0 Å². The summed E-state index contributed by atoms with van der Waals surface area (Å²) in [6, 6.07) is 7.51. The van der Waals surface area contributed by atoms with Gasteiger partial charge in [-0.2, -0.15) is 0 Å². The van der Waals surface area contributed by atoms with Gasteiger partial charge in [0.1, 0.15) is 0 Å². The van der Waals surface area contributed by atoms with E-state index >= 15 is 0 Å². The molecule has 3 unspecified atom stereocenters. The number of rotatable bonds is 5. The van der Waals surface area contributed by atoms with Crippen LogP contribution in [0, 0.1) is 23.7 Å². The molecule has 1 amide bonds. The molecular formula is C17H21NO3. The molecule has 0 saturated heterocycles. The average molecular weight is 287 g/mol. The second-order valence-corrected chi connectivity index (χ2v) is 6.41. The van der Waals surface area contributed by atoms with Gasteiger partial charge in [-0.05, 0) is 48.8 Å². The quantitative estimate of drug-likeness (QED) is 0.875. The molecule has 0 spiro atoms. The van der Waals surface area contributed by atoms with Gasteiger partial charge in [0, 0.05) is 11.6 Å². The van der Waals surface area contributed by atoms with E-state index in [0.717, 1.165) is 11.3 Å². The van der Waals surface area contributed by atoms with Gasteiger partial charge in [-0.1, -0.05) is 25.5 Å². The average Bonchev–Trinajstić information content (AvgIpc) is 2.94. The van der Waals surface area contributed by atoms with E-state index < -0.39 is 11.9 Å². The monoisotopic (exact) mass is 287 g/mol. The third-order valence-corrected chi connectivity index (χ3v) is 4.89. The van der Waals surface area contributed by atoms with Gasteiger partial charge in [-0.3, -0.25) is 9.59 Å². The van der Waals surface area contributed by atoms with Crippen LogP contribution in [0.4, 0.5) is 5.69 Å². The number of hydrogen-bond acceptors (Lipinski definition) is 2. The smallest absolute Gasteiger partial charge is 0.306 e. The molecule has 2 saturated carbocycles. The van der Waals surface area contributed by atoms with Crippen molar-refractivity contribution in [1.29, 1.82) is 0 Å².